The first-order valence-electron chi connectivity index (χ1n) is 11.6. The Morgan fingerprint density at radius 3 is 2.42 bits per heavy atom. The van der Waals surface area contributed by atoms with Crippen LogP contribution in [0.5, 0.6) is 5.75 Å². The second kappa shape index (κ2) is 11.0. The lowest BCUT2D eigenvalue weighted by molar-refractivity contribution is -0.130. The molecule has 1 saturated heterocycles. The number of piperazine rings is 1. The predicted octanol–water partition coefficient (Wildman–Crippen LogP) is 2.16. The molecule has 0 radical (unpaired) electrons. The summed E-state index contributed by atoms with van der Waals surface area (Å²) in [5.41, 5.74) is 1.09. The third kappa shape index (κ3) is 6.08. The highest BCUT2D eigenvalue weighted by Gasteiger charge is 2.22. The van der Waals surface area contributed by atoms with E-state index < -0.39 is 5.97 Å². The number of carbonyl (C=O) groups is 3. The van der Waals surface area contributed by atoms with Crippen LogP contribution in [0, 0.1) is 0 Å². The smallest absolute Gasteiger partial charge is 0.336 e. The van der Waals surface area contributed by atoms with Crippen LogP contribution in [0.3, 0.4) is 0 Å². The number of likely N-dealkylation sites (N-methyl/N-ethyl adjacent to an activating group) is 1. The number of hydrogen-bond acceptors (Lipinski definition) is 7. The van der Waals surface area contributed by atoms with Gasteiger partial charge in [-0.2, -0.15) is 0 Å². The number of fused-ring (bicyclic) bond motifs is 1. The van der Waals surface area contributed by atoms with Gasteiger partial charge in [0.1, 0.15) is 11.6 Å². The number of hydrogen-bond donors (Lipinski definition) is 2. The number of carboxylic acid groups (broad SMARTS) is 1. The third-order valence-electron chi connectivity index (χ3n) is 5.98. The SMILES string of the molecule is CN(C)C(=O)CN1CCN(c2cc(C(=O)O)c3cc(NC(=O)COc4ccccc4)ccc3n2)CC1. The lowest BCUT2D eigenvalue weighted by atomic mass is 10.1. The Morgan fingerprint density at radius 2 is 1.75 bits per heavy atom. The van der Waals surface area contributed by atoms with Gasteiger partial charge in [0, 0.05) is 51.3 Å². The number of carbonyl (C=O) groups excluding carboxylic acids is 2. The summed E-state index contributed by atoms with van der Waals surface area (Å²) in [7, 11) is 3.47. The van der Waals surface area contributed by atoms with Gasteiger partial charge in [0.15, 0.2) is 6.61 Å². The molecular formula is C26H29N5O5. The first-order chi connectivity index (χ1) is 17.3. The Bertz CT molecular complexity index is 1260. The summed E-state index contributed by atoms with van der Waals surface area (Å²) in [5.74, 6) is -0.220. The largest absolute Gasteiger partial charge is 0.484 e. The molecule has 0 aliphatic carbocycles. The van der Waals surface area contributed by atoms with Crippen molar-refractivity contribution in [2.45, 2.75) is 0 Å². The molecule has 1 aliphatic rings. The molecule has 1 fully saturated rings. The van der Waals surface area contributed by atoms with Gasteiger partial charge in [0.05, 0.1) is 17.6 Å². The zero-order valence-electron chi connectivity index (χ0n) is 20.3. The van der Waals surface area contributed by atoms with Gasteiger partial charge < -0.3 is 25.0 Å². The van der Waals surface area contributed by atoms with Crippen molar-refractivity contribution >= 4 is 40.2 Å². The number of benzene rings is 2. The summed E-state index contributed by atoms with van der Waals surface area (Å²) < 4.78 is 5.46. The molecule has 2 aromatic carbocycles. The quantitative estimate of drug-likeness (QED) is 0.493. The molecule has 1 aliphatic heterocycles. The highest BCUT2D eigenvalue weighted by molar-refractivity contribution is 6.05. The maximum absolute atomic E-state index is 12.3. The maximum Gasteiger partial charge on any atom is 0.336 e. The number of aromatic carboxylic acids is 1. The molecule has 4 rings (SSSR count). The number of pyridine rings is 1. The summed E-state index contributed by atoms with van der Waals surface area (Å²) in [6.45, 7) is 2.81. The lowest BCUT2D eigenvalue weighted by Gasteiger charge is -2.35. The molecule has 36 heavy (non-hydrogen) atoms. The van der Waals surface area contributed by atoms with Crippen molar-refractivity contribution in [3.8, 4) is 5.75 Å². The van der Waals surface area contributed by atoms with Crippen LogP contribution < -0.4 is 15.0 Å². The fourth-order valence-electron chi connectivity index (χ4n) is 3.96. The van der Waals surface area contributed by atoms with Gasteiger partial charge in [-0.3, -0.25) is 14.5 Å². The van der Waals surface area contributed by atoms with Gasteiger partial charge in [0.2, 0.25) is 5.91 Å². The molecule has 10 heteroatoms. The van der Waals surface area contributed by atoms with E-state index in [9.17, 15) is 19.5 Å². The minimum atomic E-state index is -1.07. The Kier molecular flexibility index (Phi) is 7.65. The minimum Gasteiger partial charge on any atom is -0.484 e. The fourth-order valence-corrected chi connectivity index (χ4v) is 3.96. The van der Waals surface area contributed by atoms with Gasteiger partial charge in [-0.1, -0.05) is 18.2 Å². The molecule has 188 valence electrons. The Morgan fingerprint density at radius 1 is 1.03 bits per heavy atom. The van der Waals surface area contributed by atoms with Gasteiger partial charge in [-0.25, -0.2) is 9.78 Å². The van der Waals surface area contributed by atoms with Crippen molar-refractivity contribution in [3.63, 3.8) is 0 Å². The van der Waals surface area contributed by atoms with Crippen molar-refractivity contribution in [2.75, 3.05) is 63.6 Å². The zero-order valence-corrected chi connectivity index (χ0v) is 20.3. The van der Waals surface area contributed by atoms with Crippen LogP contribution in [-0.2, 0) is 9.59 Å². The number of nitrogens with one attached hydrogen (secondary N) is 1. The summed E-state index contributed by atoms with van der Waals surface area (Å²) in [6.07, 6.45) is 0. The van der Waals surface area contributed by atoms with Crippen LogP contribution in [0.15, 0.2) is 54.6 Å². The lowest BCUT2D eigenvalue weighted by Crippen LogP contribution is -2.49. The molecule has 2 amide bonds. The van der Waals surface area contributed by atoms with E-state index in [0.29, 0.717) is 60.9 Å². The Labute approximate surface area is 209 Å². The van der Waals surface area contributed by atoms with Crippen molar-refractivity contribution in [2.24, 2.45) is 0 Å². The van der Waals surface area contributed by atoms with E-state index >= 15 is 0 Å². The van der Waals surface area contributed by atoms with E-state index in [1.54, 1.807) is 55.4 Å². The van der Waals surface area contributed by atoms with Crippen LogP contribution in [0.1, 0.15) is 10.4 Å². The third-order valence-corrected chi connectivity index (χ3v) is 5.98. The Balaban J connectivity index is 1.46. The van der Waals surface area contributed by atoms with Crippen LogP contribution in [0.2, 0.25) is 0 Å². The van der Waals surface area contributed by atoms with Crippen molar-refractivity contribution in [1.29, 1.82) is 0 Å². The van der Waals surface area contributed by atoms with Crippen LogP contribution >= 0.6 is 0 Å². The monoisotopic (exact) mass is 491 g/mol. The summed E-state index contributed by atoms with van der Waals surface area (Å²) in [6, 6.07) is 15.6. The number of nitrogens with zero attached hydrogens (tertiary/aromatic N) is 4. The Hall–Kier alpha value is -4.18. The fraction of sp³-hybridized carbons (Fsp3) is 0.308. The van der Waals surface area contributed by atoms with Gasteiger partial charge >= 0.3 is 5.97 Å². The molecule has 0 atom stereocenters. The number of para-hydroxylation sites is 1. The average molecular weight is 492 g/mol. The number of rotatable bonds is 8. The van der Waals surface area contributed by atoms with Crippen molar-refractivity contribution < 1.29 is 24.2 Å². The highest BCUT2D eigenvalue weighted by Crippen LogP contribution is 2.27. The second-order valence-electron chi connectivity index (χ2n) is 8.77. The number of aromatic nitrogens is 1. The van der Waals surface area contributed by atoms with E-state index in [2.05, 4.69) is 15.2 Å². The summed E-state index contributed by atoms with van der Waals surface area (Å²) >= 11 is 0. The van der Waals surface area contributed by atoms with Crippen LogP contribution in [0.25, 0.3) is 10.9 Å². The average Bonchev–Trinajstić information content (AvgIpc) is 2.87. The first-order valence-corrected chi connectivity index (χ1v) is 11.6. The second-order valence-corrected chi connectivity index (χ2v) is 8.77. The van der Waals surface area contributed by atoms with Crippen LogP contribution in [-0.4, -0.2) is 91.1 Å². The summed E-state index contributed by atoms with van der Waals surface area (Å²) in [4.78, 5) is 46.8. The van der Waals surface area contributed by atoms with Gasteiger partial charge in [0.25, 0.3) is 5.91 Å². The van der Waals surface area contributed by atoms with Gasteiger partial charge in [-0.15, -0.1) is 0 Å². The molecule has 0 bridgehead atoms. The number of anilines is 2. The van der Waals surface area contributed by atoms with Crippen molar-refractivity contribution in [1.82, 2.24) is 14.8 Å². The van der Waals surface area contributed by atoms with Gasteiger partial charge in [-0.05, 0) is 36.4 Å². The molecule has 0 saturated carbocycles. The zero-order chi connectivity index (χ0) is 25.7. The molecule has 0 spiro atoms. The number of carboxylic acids is 1. The minimum absolute atomic E-state index is 0.0509. The molecule has 3 aromatic rings. The standard InChI is InChI=1S/C26H29N5O5/c1-29(2)25(33)16-30-10-12-31(13-11-30)23-15-21(26(34)35)20-14-18(8-9-22(20)28-23)27-24(32)17-36-19-6-4-3-5-7-19/h3-9,14-15H,10-13,16-17H2,1-2H3,(H,27,32)(H,34,35). The number of ether oxygens (including phenoxy) is 1. The first kappa shape index (κ1) is 24.9. The highest BCUT2D eigenvalue weighted by atomic mass is 16.5. The molecule has 2 N–H and O–H groups in total. The van der Waals surface area contributed by atoms with Crippen molar-refractivity contribution in [3.05, 3.63) is 60.2 Å². The molecule has 1 aromatic heterocycles. The molecule has 0 unspecified atom stereocenters. The number of amides is 2. The van der Waals surface area contributed by atoms with E-state index in [0.717, 1.165) is 0 Å². The van der Waals surface area contributed by atoms with Crippen LogP contribution in [0.4, 0.5) is 11.5 Å². The van der Waals surface area contributed by atoms with E-state index in [4.69, 9.17) is 4.74 Å². The normalized spacial score (nSPS) is 13.9. The van der Waals surface area contributed by atoms with E-state index in [-0.39, 0.29) is 24.0 Å². The predicted molar refractivity (Wildman–Crippen MR) is 137 cm³/mol. The topological polar surface area (TPSA) is 115 Å². The molecule has 10 nitrogen and oxygen atoms in total. The van der Waals surface area contributed by atoms with E-state index in [1.165, 1.54) is 0 Å². The van der Waals surface area contributed by atoms with E-state index in [1.807, 2.05) is 23.1 Å². The molecule has 2 heterocycles. The maximum atomic E-state index is 12.3. The molecular weight excluding hydrogens is 462 g/mol. The summed E-state index contributed by atoms with van der Waals surface area (Å²) in [5, 5.41) is 13.1.